The molecule has 162 valence electrons. The van der Waals surface area contributed by atoms with Crippen LogP contribution in [0.3, 0.4) is 0 Å². The zero-order valence-corrected chi connectivity index (χ0v) is 18.2. The van der Waals surface area contributed by atoms with Crippen LogP contribution in [0.5, 0.6) is 5.75 Å². The van der Waals surface area contributed by atoms with Gasteiger partial charge < -0.3 is 10.5 Å². The van der Waals surface area contributed by atoms with E-state index in [1.165, 1.54) is 37.8 Å². The van der Waals surface area contributed by atoms with Crippen molar-refractivity contribution in [3.05, 3.63) is 77.1 Å². The highest BCUT2D eigenvalue weighted by molar-refractivity contribution is 6.33. The number of pyridine rings is 2. The Bertz CT molecular complexity index is 1020. The molecule has 4 nitrogen and oxygen atoms in total. The van der Waals surface area contributed by atoms with Gasteiger partial charge in [-0.1, -0.05) is 23.7 Å². The molecule has 4 rings (SSSR count). The first-order valence-electron chi connectivity index (χ1n) is 10.8. The van der Waals surface area contributed by atoms with Crippen molar-refractivity contribution in [1.29, 1.82) is 0 Å². The van der Waals surface area contributed by atoms with Crippen LogP contribution in [0.4, 0.5) is 4.39 Å². The van der Waals surface area contributed by atoms with E-state index in [4.69, 9.17) is 22.1 Å². The standard InChI is InChI=1S/C25H27ClFN3O/c26-25-15-30-22(9-17-4-6-18(12-28)7-5-17)11-24(25)20-10-23(14-29-13-20)31-16-19-2-1-3-21(27)8-19/h1-3,8,10-11,13-15,17-18H,4-7,9,12,16,28H2. The number of nitrogens with two attached hydrogens (primary N) is 1. The van der Waals surface area contributed by atoms with E-state index < -0.39 is 0 Å². The molecule has 0 unspecified atom stereocenters. The van der Waals surface area contributed by atoms with Crippen LogP contribution in [0.25, 0.3) is 11.1 Å². The van der Waals surface area contributed by atoms with Crippen LogP contribution >= 0.6 is 11.6 Å². The summed E-state index contributed by atoms with van der Waals surface area (Å²) in [4.78, 5) is 8.87. The summed E-state index contributed by atoms with van der Waals surface area (Å²) < 4.78 is 19.2. The SMILES string of the molecule is NCC1CCC(Cc2cc(-c3cncc(OCc4cccc(F)c4)c3)c(Cl)cn2)CC1. The first kappa shape index (κ1) is 21.7. The van der Waals surface area contributed by atoms with Crippen LogP contribution in [0.1, 0.15) is 36.9 Å². The first-order valence-corrected chi connectivity index (χ1v) is 11.2. The van der Waals surface area contributed by atoms with Crippen LogP contribution in [0.2, 0.25) is 5.02 Å². The molecule has 31 heavy (non-hydrogen) atoms. The monoisotopic (exact) mass is 439 g/mol. The van der Waals surface area contributed by atoms with Gasteiger partial charge in [0.15, 0.2) is 0 Å². The van der Waals surface area contributed by atoms with E-state index in [1.54, 1.807) is 24.7 Å². The Morgan fingerprint density at radius 2 is 1.84 bits per heavy atom. The van der Waals surface area contributed by atoms with Gasteiger partial charge in [0.05, 0.1) is 11.2 Å². The zero-order valence-electron chi connectivity index (χ0n) is 17.4. The Kier molecular flexibility index (Phi) is 7.15. The lowest BCUT2D eigenvalue weighted by Crippen LogP contribution is -2.22. The molecule has 0 radical (unpaired) electrons. The Balaban J connectivity index is 1.46. The topological polar surface area (TPSA) is 61.0 Å². The molecule has 1 aliphatic rings. The molecular weight excluding hydrogens is 413 g/mol. The van der Waals surface area contributed by atoms with E-state index in [2.05, 4.69) is 16.0 Å². The van der Waals surface area contributed by atoms with E-state index >= 15 is 0 Å². The molecule has 1 aromatic carbocycles. The Morgan fingerprint density at radius 1 is 1.03 bits per heavy atom. The maximum absolute atomic E-state index is 13.4. The van der Waals surface area contributed by atoms with Crippen LogP contribution in [-0.4, -0.2) is 16.5 Å². The molecule has 0 amide bonds. The summed E-state index contributed by atoms with van der Waals surface area (Å²) in [5.74, 6) is 1.64. The number of rotatable bonds is 7. The van der Waals surface area contributed by atoms with Gasteiger partial charge in [-0.2, -0.15) is 0 Å². The van der Waals surface area contributed by atoms with Gasteiger partial charge in [-0.25, -0.2) is 4.39 Å². The van der Waals surface area contributed by atoms with E-state index in [0.717, 1.165) is 35.3 Å². The molecule has 0 atom stereocenters. The summed E-state index contributed by atoms with van der Waals surface area (Å²) in [5, 5.41) is 0.583. The number of aromatic nitrogens is 2. The summed E-state index contributed by atoms with van der Waals surface area (Å²) in [6.45, 7) is 1.06. The summed E-state index contributed by atoms with van der Waals surface area (Å²) >= 11 is 6.47. The molecule has 2 heterocycles. The van der Waals surface area contributed by atoms with Crippen molar-refractivity contribution in [1.82, 2.24) is 9.97 Å². The average molecular weight is 440 g/mol. The molecule has 0 aliphatic heterocycles. The molecule has 0 bridgehead atoms. The third kappa shape index (κ3) is 5.81. The molecule has 1 fully saturated rings. The lowest BCUT2D eigenvalue weighted by atomic mass is 9.80. The number of halogens is 2. The number of ether oxygens (including phenoxy) is 1. The predicted octanol–water partition coefficient (Wildman–Crippen LogP) is 5.82. The molecule has 3 aromatic rings. The van der Waals surface area contributed by atoms with Gasteiger partial charge in [0.1, 0.15) is 18.2 Å². The zero-order chi connectivity index (χ0) is 21.6. The van der Waals surface area contributed by atoms with Crippen molar-refractivity contribution in [2.45, 2.75) is 38.7 Å². The largest absolute Gasteiger partial charge is 0.487 e. The highest BCUT2D eigenvalue weighted by Crippen LogP contribution is 2.33. The molecular formula is C25H27ClFN3O. The fraction of sp³-hybridized carbons (Fsp3) is 0.360. The molecule has 0 spiro atoms. The van der Waals surface area contributed by atoms with Gasteiger partial charge >= 0.3 is 0 Å². The lowest BCUT2D eigenvalue weighted by molar-refractivity contribution is 0.277. The molecule has 6 heteroatoms. The number of hydrogen-bond acceptors (Lipinski definition) is 4. The van der Waals surface area contributed by atoms with E-state index in [-0.39, 0.29) is 12.4 Å². The maximum atomic E-state index is 13.4. The molecule has 1 saturated carbocycles. The van der Waals surface area contributed by atoms with Crippen LogP contribution in [-0.2, 0) is 13.0 Å². The fourth-order valence-corrected chi connectivity index (χ4v) is 4.43. The summed E-state index contributed by atoms with van der Waals surface area (Å²) in [7, 11) is 0. The fourth-order valence-electron chi connectivity index (χ4n) is 4.22. The second-order valence-electron chi connectivity index (χ2n) is 8.31. The van der Waals surface area contributed by atoms with Crippen LogP contribution in [0, 0.1) is 17.7 Å². The molecule has 2 aromatic heterocycles. The minimum Gasteiger partial charge on any atom is -0.487 e. The van der Waals surface area contributed by atoms with Crippen molar-refractivity contribution in [3.8, 4) is 16.9 Å². The predicted molar refractivity (Wildman–Crippen MR) is 121 cm³/mol. The summed E-state index contributed by atoms with van der Waals surface area (Å²) in [5.41, 5.74) is 9.39. The van der Waals surface area contributed by atoms with Gasteiger partial charge in [0, 0.05) is 29.2 Å². The summed E-state index contributed by atoms with van der Waals surface area (Å²) in [6, 6.07) is 10.3. The number of hydrogen-bond donors (Lipinski definition) is 1. The molecule has 1 aliphatic carbocycles. The van der Waals surface area contributed by atoms with E-state index in [9.17, 15) is 4.39 Å². The van der Waals surface area contributed by atoms with Crippen LogP contribution in [0.15, 0.2) is 55.0 Å². The number of nitrogens with zero attached hydrogens (tertiary/aromatic N) is 2. The molecule has 0 saturated heterocycles. The van der Waals surface area contributed by atoms with Gasteiger partial charge in [-0.3, -0.25) is 9.97 Å². The van der Waals surface area contributed by atoms with Crippen molar-refractivity contribution in [2.24, 2.45) is 17.6 Å². The highest BCUT2D eigenvalue weighted by atomic mass is 35.5. The first-order chi connectivity index (χ1) is 15.1. The van der Waals surface area contributed by atoms with Crippen molar-refractivity contribution >= 4 is 11.6 Å². The quantitative estimate of drug-likeness (QED) is 0.503. The normalized spacial score (nSPS) is 18.7. The minimum absolute atomic E-state index is 0.268. The number of benzene rings is 1. The third-order valence-corrected chi connectivity index (χ3v) is 6.33. The van der Waals surface area contributed by atoms with Crippen molar-refractivity contribution in [2.75, 3.05) is 6.54 Å². The molecule has 2 N–H and O–H groups in total. The van der Waals surface area contributed by atoms with E-state index in [1.807, 2.05) is 12.1 Å². The van der Waals surface area contributed by atoms with Gasteiger partial charge in [-0.05, 0) is 80.3 Å². The maximum Gasteiger partial charge on any atom is 0.138 e. The van der Waals surface area contributed by atoms with Crippen molar-refractivity contribution < 1.29 is 9.13 Å². The highest BCUT2D eigenvalue weighted by Gasteiger charge is 2.21. The Morgan fingerprint density at radius 3 is 2.61 bits per heavy atom. The minimum atomic E-state index is -0.277. The average Bonchev–Trinajstić information content (AvgIpc) is 2.80. The second-order valence-corrected chi connectivity index (χ2v) is 8.72. The van der Waals surface area contributed by atoms with Gasteiger partial charge in [0.2, 0.25) is 0 Å². The Labute approximate surface area is 187 Å². The third-order valence-electron chi connectivity index (χ3n) is 6.03. The van der Waals surface area contributed by atoms with Crippen LogP contribution < -0.4 is 10.5 Å². The van der Waals surface area contributed by atoms with E-state index in [0.29, 0.717) is 22.6 Å². The van der Waals surface area contributed by atoms with Gasteiger partial charge in [-0.15, -0.1) is 0 Å². The summed E-state index contributed by atoms with van der Waals surface area (Å²) in [6.07, 6.45) is 10.9. The van der Waals surface area contributed by atoms with Crippen molar-refractivity contribution in [3.63, 3.8) is 0 Å². The second kappa shape index (κ2) is 10.2. The Hall–Kier alpha value is -2.50. The van der Waals surface area contributed by atoms with Gasteiger partial charge in [0.25, 0.3) is 0 Å². The lowest BCUT2D eigenvalue weighted by Gasteiger charge is -2.27. The smallest absolute Gasteiger partial charge is 0.138 e.